The maximum absolute atomic E-state index is 14.9. The third kappa shape index (κ3) is 4.54. The lowest BCUT2D eigenvalue weighted by atomic mass is 9.87. The number of anilines is 1. The SMILES string of the molecule is COc1cc(F)cnc1N1CCN(C(=O)c2cc3c(C4CCN(C)CC4)cc(Cl)c(F)c3[nH]2)CC1. The topological polar surface area (TPSA) is 64.7 Å². The number of likely N-dealkylation sites (tertiary alicyclic amines) is 1. The van der Waals surface area contributed by atoms with Crippen molar-refractivity contribution in [2.45, 2.75) is 18.8 Å². The summed E-state index contributed by atoms with van der Waals surface area (Å²) in [5.41, 5.74) is 1.63. The number of carbonyl (C=O) groups is 1. The van der Waals surface area contributed by atoms with Crippen LogP contribution < -0.4 is 9.64 Å². The lowest BCUT2D eigenvalue weighted by Crippen LogP contribution is -2.49. The molecule has 0 radical (unpaired) electrons. The van der Waals surface area contributed by atoms with Crippen LogP contribution in [0.4, 0.5) is 14.6 Å². The number of H-pyrrole nitrogens is 1. The van der Waals surface area contributed by atoms with E-state index < -0.39 is 11.6 Å². The average molecular weight is 504 g/mol. The molecule has 0 saturated carbocycles. The van der Waals surface area contributed by atoms with Crippen molar-refractivity contribution < 1.29 is 18.3 Å². The molecule has 3 aromatic rings. The summed E-state index contributed by atoms with van der Waals surface area (Å²) in [6, 6.07) is 4.78. The smallest absolute Gasteiger partial charge is 0.270 e. The van der Waals surface area contributed by atoms with Crippen LogP contribution in [0.2, 0.25) is 5.02 Å². The molecule has 1 N–H and O–H groups in total. The molecule has 0 bridgehead atoms. The second kappa shape index (κ2) is 9.62. The van der Waals surface area contributed by atoms with Crippen molar-refractivity contribution in [1.29, 1.82) is 0 Å². The van der Waals surface area contributed by atoms with Gasteiger partial charge >= 0.3 is 0 Å². The zero-order valence-electron chi connectivity index (χ0n) is 19.8. The highest BCUT2D eigenvalue weighted by Gasteiger charge is 2.28. The Morgan fingerprint density at radius 3 is 2.51 bits per heavy atom. The van der Waals surface area contributed by atoms with Crippen molar-refractivity contribution >= 4 is 34.2 Å². The first-order valence-electron chi connectivity index (χ1n) is 11.8. The fourth-order valence-corrected chi connectivity index (χ4v) is 5.33. The minimum Gasteiger partial charge on any atom is -0.493 e. The standard InChI is InChI=1S/C25H28ClF2N5O2/c1-31-5-3-15(4-6-31)17-12-19(26)22(28)23-18(17)13-20(30-23)25(34)33-9-7-32(8-10-33)24-21(35-2)11-16(27)14-29-24/h11-15,30H,3-10H2,1-2H3. The Morgan fingerprint density at radius 2 is 1.83 bits per heavy atom. The van der Waals surface area contributed by atoms with Crippen molar-refractivity contribution in [3.05, 3.63) is 52.3 Å². The molecule has 7 nitrogen and oxygen atoms in total. The molecule has 0 spiro atoms. The van der Waals surface area contributed by atoms with Crippen LogP contribution >= 0.6 is 11.6 Å². The van der Waals surface area contributed by atoms with E-state index in [-0.39, 0.29) is 22.4 Å². The fourth-order valence-electron chi connectivity index (χ4n) is 5.12. The first-order chi connectivity index (χ1) is 16.9. The molecule has 2 aliphatic heterocycles. The van der Waals surface area contributed by atoms with Gasteiger partial charge in [-0.2, -0.15) is 0 Å². The number of nitrogens with zero attached hydrogens (tertiary/aromatic N) is 4. The average Bonchev–Trinajstić information content (AvgIpc) is 3.32. The van der Waals surface area contributed by atoms with Crippen LogP contribution in [0.3, 0.4) is 0 Å². The molecule has 35 heavy (non-hydrogen) atoms. The van der Waals surface area contributed by atoms with E-state index in [1.165, 1.54) is 13.2 Å². The molecular formula is C25H28ClF2N5O2. The number of halogens is 3. The van der Waals surface area contributed by atoms with Gasteiger partial charge in [0.25, 0.3) is 5.91 Å². The van der Waals surface area contributed by atoms with Gasteiger partial charge in [-0.05, 0) is 56.6 Å². The van der Waals surface area contributed by atoms with Crippen LogP contribution in [0.5, 0.6) is 5.75 Å². The fraction of sp³-hybridized carbons (Fsp3) is 0.440. The Labute approximate surface area is 207 Å². The van der Waals surface area contributed by atoms with E-state index in [1.54, 1.807) is 17.0 Å². The number of methoxy groups -OCH3 is 1. The first-order valence-corrected chi connectivity index (χ1v) is 12.2. The van der Waals surface area contributed by atoms with E-state index in [1.807, 2.05) is 4.90 Å². The Kier molecular flexibility index (Phi) is 6.55. The number of nitrogens with one attached hydrogen (secondary N) is 1. The summed E-state index contributed by atoms with van der Waals surface area (Å²) in [6.07, 6.45) is 3.08. The van der Waals surface area contributed by atoms with Gasteiger partial charge < -0.3 is 24.4 Å². The number of benzene rings is 1. The summed E-state index contributed by atoms with van der Waals surface area (Å²) < 4.78 is 33.7. The molecule has 0 unspecified atom stereocenters. The maximum atomic E-state index is 14.9. The van der Waals surface area contributed by atoms with Crippen LogP contribution in [0.25, 0.3) is 10.9 Å². The van der Waals surface area contributed by atoms with Gasteiger partial charge in [-0.25, -0.2) is 13.8 Å². The number of ether oxygens (including phenoxy) is 1. The Hall–Kier alpha value is -2.91. The molecule has 2 saturated heterocycles. The maximum Gasteiger partial charge on any atom is 0.270 e. The van der Waals surface area contributed by atoms with Crippen molar-refractivity contribution in [1.82, 2.24) is 19.8 Å². The second-order valence-corrected chi connectivity index (χ2v) is 9.68. The molecule has 186 valence electrons. The van der Waals surface area contributed by atoms with Crippen LogP contribution in [-0.4, -0.2) is 79.1 Å². The van der Waals surface area contributed by atoms with Crippen LogP contribution in [0, 0.1) is 11.6 Å². The number of hydrogen-bond acceptors (Lipinski definition) is 5. The zero-order valence-corrected chi connectivity index (χ0v) is 20.5. The van der Waals surface area contributed by atoms with Gasteiger partial charge in [-0.1, -0.05) is 11.6 Å². The Morgan fingerprint density at radius 1 is 1.11 bits per heavy atom. The van der Waals surface area contributed by atoms with E-state index in [0.29, 0.717) is 43.4 Å². The molecule has 10 heteroatoms. The van der Waals surface area contributed by atoms with E-state index in [4.69, 9.17) is 16.3 Å². The summed E-state index contributed by atoms with van der Waals surface area (Å²) in [4.78, 5) is 26.5. The summed E-state index contributed by atoms with van der Waals surface area (Å²) in [6.45, 7) is 3.86. The molecule has 4 heterocycles. The van der Waals surface area contributed by atoms with Crippen molar-refractivity contribution in [2.75, 3.05) is 58.3 Å². The Bertz CT molecular complexity index is 1250. The van der Waals surface area contributed by atoms with Crippen LogP contribution in [0.1, 0.15) is 34.8 Å². The van der Waals surface area contributed by atoms with E-state index in [2.05, 4.69) is 21.9 Å². The number of aromatic nitrogens is 2. The molecule has 2 aromatic heterocycles. The number of hydrogen-bond donors (Lipinski definition) is 1. The third-order valence-corrected chi connectivity index (χ3v) is 7.39. The summed E-state index contributed by atoms with van der Waals surface area (Å²) in [7, 11) is 3.57. The van der Waals surface area contributed by atoms with E-state index in [0.717, 1.165) is 43.1 Å². The highest BCUT2D eigenvalue weighted by Crippen LogP contribution is 2.37. The highest BCUT2D eigenvalue weighted by atomic mass is 35.5. The predicted molar refractivity (Wildman–Crippen MR) is 132 cm³/mol. The van der Waals surface area contributed by atoms with Gasteiger partial charge in [0.15, 0.2) is 17.4 Å². The minimum absolute atomic E-state index is 0.0710. The first kappa shape index (κ1) is 23.8. The quantitative estimate of drug-likeness (QED) is 0.576. The molecule has 2 fully saturated rings. The number of fused-ring (bicyclic) bond motifs is 1. The van der Waals surface area contributed by atoms with E-state index >= 15 is 0 Å². The molecule has 1 amide bonds. The molecule has 0 atom stereocenters. The van der Waals surface area contributed by atoms with Gasteiger partial charge in [0.05, 0.1) is 23.8 Å². The number of piperidine rings is 1. The normalized spacial score (nSPS) is 17.9. The molecule has 0 aliphatic carbocycles. The molecule has 5 rings (SSSR count). The zero-order chi connectivity index (χ0) is 24.7. The number of carbonyl (C=O) groups excluding carboxylic acids is 1. The number of rotatable bonds is 4. The van der Waals surface area contributed by atoms with Crippen LogP contribution in [-0.2, 0) is 0 Å². The molecule has 2 aliphatic rings. The lowest BCUT2D eigenvalue weighted by molar-refractivity contribution is 0.0741. The number of piperazine rings is 1. The minimum atomic E-state index is -0.531. The van der Waals surface area contributed by atoms with Gasteiger partial charge in [0.1, 0.15) is 11.5 Å². The number of amides is 1. The summed E-state index contributed by atoms with van der Waals surface area (Å²) >= 11 is 6.24. The van der Waals surface area contributed by atoms with Gasteiger partial charge in [-0.3, -0.25) is 4.79 Å². The van der Waals surface area contributed by atoms with Gasteiger partial charge in [0.2, 0.25) is 0 Å². The number of aromatic amines is 1. The van der Waals surface area contributed by atoms with Crippen molar-refractivity contribution in [3.63, 3.8) is 0 Å². The largest absolute Gasteiger partial charge is 0.493 e. The van der Waals surface area contributed by atoms with Crippen molar-refractivity contribution in [3.8, 4) is 5.75 Å². The number of pyridine rings is 1. The Balaban J connectivity index is 1.36. The highest BCUT2D eigenvalue weighted by molar-refractivity contribution is 6.31. The third-order valence-electron chi connectivity index (χ3n) is 7.11. The van der Waals surface area contributed by atoms with Crippen LogP contribution in [0.15, 0.2) is 24.4 Å². The summed E-state index contributed by atoms with van der Waals surface area (Å²) in [5, 5.41) is 0.797. The summed E-state index contributed by atoms with van der Waals surface area (Å²) in [5.74, 6) is -0.0147. The van der Waals surface area contributed by atoms with Gasteiger partial charge in [-0.15, -0.1) is 0 Å². The van der Waals surface area contributed by atoms with Crippen molar-refractivity contribution in [2.24, 2.45) is 0 Å². The van der Waals surface area contributed by atoms with E-state index in [9.17, 15) is 13.6 Å². The lowest BCUT2D eigenvalue weighted by Gasteiger charge is -2.35. The molecule has 1 aromatic carbocycles. The predicted octanol–water partition coefficient (Wildman–Crippen LogP) is 4.27. The van der Waals surface area contributed by atoms with Gasteiger partial charge in [0, 0.05) is 37.6 Å². The monoisotopic (exact) mass is 503 g/mol. The molecular weight excluding hydrogens is 476 g/mol. The second-order valence-electron chi connectivity index (χ2n) is 9.27.